The van der Waals surface area contributed by atoms with Gasteiger partial charge in [-0.3, -0.25) is 0 Å². The minimum Gasteiger partial charge on any atom is -0.480 e. The Morgan fingerprint density at radius 1 is 1.50 bits per heavy atom. The normalized spacial score (nSPS) is 17.6. The Kier molecular flexibility index (Phi) is 5.60. The molecule has 0 unspecified atom stereocenters. The molecule has 0 radical (unpaired) electrons. The van der Waals surface area contributed by atoms with Gasteiger partial charge in [0.1, 0.15) is 12.7 Å². The summed E-state index contributed by atoms with van der Waals surface area (Å²) < 4.78 is 10.8. The number of pyridine rings is 1. The van der Waals surface area contributed by atoms with Gasteiger partial charge in [0.2, 0.25) is 0 Å². The molecule has 2 N–H and O–H groups in total. The van der Waals surface area contributed by atoms with Crippen LogP contribution in [-0.4, -0.2) is 24.2 Å². The molecule has 0 saturated carbocycles. The summed E-state index contributed by atoms with van der Waals surface area (Å²) in [6.45, 7) is 0.953. The molecule has 1 aliphatic rings. The largest absolute Gasteiger partial charge is 0.480 e. The minimum absolute atomic E-state index is 0. The first-order chi connectivity index (χ1) is 5.90. The van der Waals surface area contributed by atoms with Gasteiger partial charge in [0.05, 0.1) is 0 Å². The van der Waals surface area contributed by atoms with Crippen LogP contribution in [0.4, 0.5) is 0 Å². The summed E-state index contributed by atoms with van der Waals surface area (Å²) in [4.78, 5) is 4.00. The topological polar surface area (TPSA) is 57.4 Å². The molecule has 0 fully saturated rings. The van der Waals surface area contributed by atoms with E-state index < -0.39 is 0 Å². The lowest BCUT2D eigenvalue weighted by atomic mass is 10.3. The summed E-state index contributed by atoms with van der Waals surface area (Å²) in [7, 11) is 0. The van der Waals surface area contributed by atoms with Crippen LogP contribution in [0.2, 0.25) is 0 Å². The van der Waals surface area contributed by atoms with Crippen molar-refractivity contribution in [1.82, 2.24) is 4.98 Å². The molecular weight excluding hydrogens is 227 g/mol. The Labute approximate surface area is 94.6 Å². The lowest BCUT2D eigenvalue weighted by molar-refractivity contribution is 0.0919. The van der Waals surface area contributed by atoms with E-state index in [1.54, 1.807) is 12.3 Å². The number of rotatable bonds is 1. The smallest absolute Gasteiger partial charge is 0.257 e. The Morgan fingerprint density at radius 2 is 2.29 bits per heavy atom. The van der Waals surface area contributed by atoms with Crippen molar-refractivity contribution < 1.29 is 9.47 Å². The van der Waals surface area contributed by atoms with E-state index in [0.29, 0.717) is 24.8 Å². The van der Waals surface area contributed by atoms with Gasteiger partial charge in [-0.25, -0.2) is 4.98 Å². The van der Waals surface area contributed by atoms with Crippen LogP contribution in [0.25, 0.3) is 0 Å². The highest BCUT2D eigenvalue weighted by atomic mass is 35.5. The van der Waals surface area contributed by atoms with E-state index in [0.717, 1.165) is 0 Å². The van der Waals surface area contributed by atoms with Crippen LogP contribution < -0.4 is 15.2 Å². The second-order valence-corrected chi connectivity index (χ2v) is 2.59. The average molecular weight is 239 g/mol. The van der Waals surface area contributed by atoms with Crippen LogP contribution >= 0.6 is 24.8 Å². The average Bonchev–Trinajstić information content (AvgIpc) is 2.17. The maximum absolute atomic E-state index is 5.47. The molecule has 0 bridgehead atoms. The fourth-order valence-electron chi connectivity index (χ4n) is 1.08. The Morgan fingerprint density at radius 3 is 3.00 bits per heavy atom. The van der Waals surface area contributed by atoms with Crippen LogP contribution in [0.5, 0.6) is 11.6 Å². The maximum atomic E-state index is 5.47. The van der Waals surface area contributed by atoms with E-state index in [-0.39, 0.29) is 30.9 Å². The molecule has 0 saturated heterocycles. The van der Waals surface area contributed by atoms with Crippen molar-refractivity contribution in [3.63, 3.8) is 0 Å². The van der Waals surface area contributed by atoms with Crippen molar-refractivity contribution in [1.29, 1.82) is 0 Å². The molecule has 1 aliphatic heterocycles. The fraction of sp³-hybridized carbons (Fsp3) is 0.375. The molecule has 80 valence electrons. The summed E-state index contributed by atoms with van der Waals surface area (Å²) in [6, 6.07) is 3.63. The highest BCUT2D eigenvalue weighted by Gasteiger charge is 2.19. The Balaban J connectivity index is 0.000000845. The number of hydrogen-bond donors (Lipinski definition) is 1. The van der Waals surface area contributed by atoms with Gasteiger partial charge in [-0.2, -0.15) is 0 Å². The van der Waals surface area contributed by atoms with Gasteiger partial charge in [0, 0.05) is 12.7 Å². The standard InChI is InChI=1S/C8H10N2O2.2ClH/c9-4-6-5-11-8-7(12-6)2-1-3-10-8;;/h1-3,6H,4-5,9H2;2*1H/t6-;;/m1../s1. The number of nitrogens with two attached hydrogens (primary N) is 1. The van der Waals surface area contributed by atoms with E-state index >= 15 is 0 Å². The summed E-state index contributed by atoms with van der Waals surface area (Å²) in [5, 5.41) is 0. The van der Waals surface area contributed by atoms with Gasteiger partial charge in [-0.15, -0.1) is 24.8 Å². The third-order valence-corrected chi connectivity index (χ3v) is 1.70. The molecule has 14 heavy (non-hydrogen) atoms. The van der Waals surface area contributed by atoms with Crippen LogP contribution in [0, 0.1) is 0 Å². The number of fused-ring (bicyclic) bond motifs is 1. The summed E-state index contributed by atoms with van der Waals surface area (Å²) in [6.07, 6.45) is 1.63. The van der Waals surface area contributed by atoms with Crippen LogP contribution in [0.15, 0.2) is 18.3 Å². The van der Waals surface area contributed by atoms with Crippen molar-refractivity contribution in [2.45, 2.75) is 6.10 Å². The third-order valence-electron chi connectivity index (χ3n) is 1.70. The SMILES string of the molecule is Cl.Cl.NC[C@@H]1COc2ncccc2O1. The fourth-order valence-corrected chi connectivity index (χ4v) is 1.08. The zero-order valence-electron chi connectivity index (χ0n) is 7.38. The first-order valence-electron chi connectivity index (χ1n) is 3.84. The second kappa shape index (κ2) is 5.90. The lowest BCUT2D eigenvalue weighted by Crippen LogP contribution is -2.35. The lowest BCUT2D eigenvalue weighted by Gasteiger charge is -2.24. The van der Waals surface area contributed by atoms with Gasteiger partial charge in [0.15, 0.2) is 5.75 Å². The zero-order chi connectivity index (χ0) is 8.39. The summed E-state index contributed by atoms with van der Waals surface area (Å²) in [5.41, 5.74) is 5.43. The number of halogens is 2. The highest BCUT2D eigenvalue weighted by molar-refractivity contribution is 5.85. The zero-order valence-corrected chi connectivity index (χ0v) is 9.01. The predicted octanol–water partition coefficient (Wildman–Crippen LogP) is 1.02. The highest BCUT2D eigenvalue weighted by Crippen LogP contribution is 2.27. The molecule has 1 aromatic rings. The molecule has 0 aromatic carbocycles. The molecule has 2 heterocycles. The molecule has 0 aliphatic carbocycles. The van der Waals surface area contributed by atoms with Crippen LogP contribution in [-0.2, 0) is 0 Å². The van der Waals surface area contributed by atoms with Crippen molar-refractivity contribution in [2.75, 3.05) is 13.2 Å². The van der Waals surface area contributed by atoms with E-state index in [9.17, 15) is 0 Å². The van der Waals surface area contributed by atoms with Gasteiger partial charge < -0.3 is 15.2 Å². The number of aromatic nitrogens is 1. The van der Waals surface area contributed by atoms with Gasteiger partial charge in [-0.05, 0) is 12.1 Å². The summed E-state index contributed by atoms with van der Waals surface area (Å²) in [5.74, 6) is 1.24. The molecule has 1 aromatic heterocycles. The van der Waals surface area contributed by atoms with Crippen molar-refractivity contribution in [3.05, 3.63) is 18.3 Å². The Bertz CT molecular complexity index is 286. The minimum atomic E-state index is -0.0401. The molecule has 1 atom stereocenters. The molecule has 4 nitrogen and oxygen atoms in total. The van der Waals surface area contributed by atoms with Crippen LogP contribution in [0.3, 0.4) is 0 Å². The number of hydrogen-bond acceptors (Lipinski definition) is 4. The van der Waals surface area contributed by atoms with Gasteiger partial charge in [-0.1, -0.05) is 0 Å². The first kappa shape index (κ1) is 13.3. The van der Waals surface area contributed by atoms with Gasteiger partial charge >= 0.3 is 0 Å². The number of ether oxygens (including phenoxy) is 2. The van der Waals surface area contributed by atoms with E-state index in [1.165, 1.54) is 0 Å². The molecule has 6 heteroatoms. The molecule has 2 rings (SSSR count). The summed E-state index contributed by atoms with van der Waals surface area (Å²) >= 11 is 0. The van der Waals surface area contributed by atoms with E-state index in [2.05, 4.69) is 4.98 Å². The maximum Gasteiger partial charge on any atom is 0.257 e. The van der Waals surface area contributed by atoms with E-state index in [4.69, 9.17) is 15.2 Å². The van der Waals surface area contributed by atoms with E-state index in [1.807, 2.05) is 6.07 Å². The van der Waals surface area contributed by atoms with Crippen molar-refractivity contribution >= 4 is 24.8 Å². The molecule has 0 spiro atoms. The van der Waals surface area contributed by atoms with Gasteiger partial charge in [0.25, 0.3) is 5.88 Å². The molecular formula is C8H12Cl2N2O2. The van der Waals surface area contributed by atoms with Crippen LogP contribution in [0.1, 0.15) is 0 Å². The van der Waals surface area contributed by atoms with Crippen molar-refractivity contribution in [2.24, 2.45) is 5.73 Å². The second-order valence-electron chi connectivity index (χ2n) is 2.59. The molecule has 0 amide bonds. The first-order valence-corrected chi connectivity index (χ1v) is 3.84. The quantitative estimate of drug-likeness (QED) is 0.794. The predicted molar refractivity (Wildman–Crippen MR) is 57.7 cm³/mol. The monoisotopic (exact) mass is 238 g/mol. The number of nitrogens with zero attached hydrogens (tertiary/aromatic N) is 1. The third kappa shape index (κ3) is 2.64. The van der Waals surface area contributed by atoms with Crippen molar-refractivity contribution in [3.8, 4) is 11.6 Å². The Hall–Kier alpha value is -0.710.